The topological polar surface area (TPSA) is 57.0 Å². The Labute approximate surface area is 167 Å². The van der Waals surface area contributed by atoms with Gasteiger partial charge in [0.15, 0.2) is 11.0 Å². The first-order valence-electron chi connectivity index (χ1n) is 8.58. The van der Waals surface area contributed by atoms with Crippen LogP contribution in [-0.2, 0) is 11.3 Å². The molecule has 0 unspecified atom stereocenters. The number of carbonyl (C=O) groups is 1. The van der Waals surface area contributed by atoms with Crippen LogP contribution in [0.25, 0.3) is 11.4 Å². The van der Waals surface area contributed by atoms with Gasteiger partial charge in [-0.05, 0) is 56.2 Å². The minimum atomic E-state index is -0.309. The van der Waals surface area contributed by atoms with E-state index in [-0.39, 0.29) is 11.7 Å². The first-order chi connectivity index (χ1) is 13.0. The van der Waals surface area contributed by atoms with Crippen LogP contribution in [0.4, 0.5) is 0 Å². The van der Waals surface area contributed by atoms with Gasteiger partial charge in [-0.25, -0.2) is 0 Å². The molecular weight excluding hydrogens is 382 g/mol. The third kappa shape index (κ3) is 4.51. The molecule has 7 heteroatoms. The van der Waals surface area contributed by atoms with Crippen LogP contribution in [0.15, 0.2) is 47.6 Å². The van der Waals surface area contributed by atoms with Gasteiger partial charge in [0.25, 0.3) is 0 Å². The molecule has 27 heavy (non-hydrogen) atoms. The quantitative estimate of drug-likeness (QED) is 0.333. The first-order valence-corrected chi connectivity index (χ1v) is 9.94. The molecule has 0 radical (unpaired) electrons. The van der Waals surface area contributed by atoms with Gasteiger partial charge in [-0.15, -0.1) is 10.2 Å². The van der Waals surface area contributed by atoms with Crippen LogP contribution in [0, 0.1) is 13.8 Å². The number of halogens is 1. The number of ether oxygens (including phenoxy) is 1. The molecule has 0 atom stereocenters. The molecule has 0 amide bonds. The Hall–Kier alpha value is -2.31. The van der Waals surface area contributed by atoms with E-state index in [2.05, 4.69) is 10.2 Å². The number of rotatable bonds is 6. The number of aromatic nitrogens is 3. The molecule has 5 nitrogen and oxygen atoms in total. The van der Waals surface area contributed by atoms with E-state index in [1.165, 1.54) is 11.8 Å². The van der Waals surface area contributed by atoms with E-state index >= 15 is 0 Å². The van der Waals surface area contributed by atoms with E-state index in [9.17, 15) is 4.79 Å². The molecule has 0 aliphatic rings. The average Bonchev–Trinajstić information content (AvgIpc) is 3.06. The molecule has 0 N–H and O–H groups in total. The van der Waals surface area contributed by atoms with Crippen LogP contribution < -0.4 is 4.74 Å². The predicted molar refractivity (Wildman–Crippen MR) is 108 cm³/mol. The molecule has 140 valence electrons. The summed E-state index contributed by atoms with van der Waals surface area (Å²) in [5, 5.41) is 9.86. The Balaban J connectivity index is 1.71. The molecule has 1 heterocycles. The summed E-state index contributed by atoms with van der Waals surface area (Å²) >= 11 is 7.27. The van der Waals surface area contributed by atoms with E-state index in [0.29, 0.717) is 22.5 Å². The van der Waals surface area contributed by atoms with Crippen LogP contribution in [0.1, 0.15) is 18.1 Å². The zero-order valence-electron chi connectivity index (χ0n) is 15.4. The number of hydrogen-bond donors (Lipinski definition) is 0. The lowest BCUT2D eigenvalue weighted by Gasteiger charge is -2.10. The van der Waals surface area contributed by atoms with Crippen molar-refractivity contribution in [2.75, 3.05) is 5.75 Å². The molecule has 0 fully saturated rings. The Morgan fingerprint density at radius 2 is 1.78 bits per heavy atom. The molecule has 1 aromatic heterocycles. The highest BCUT2D eigenvalue weighted by atomic mass is 35.5. The lowest BCUT2D eigenvalue weighted by atomic mass is 10.1. The third-order valence-electron chi connectivity index (χ3n) is 4.08. The van der Waals surface area contributed by atoms with Gasteiger partial charge in [-0.3, -0.25) is 4.79 Å². The number of carbonyl (C=O) groups excluding carboxylic acids is 1. The minimum Gasteiger partial charge on any atom is -0.425 e. The van der Waals surface area contributed by atoms with Crippen molar-refractivity contribution in [2.45, 2.75) is 32.5 Å². The fourth-order valence-electron chi connectivity index (χ4n) is 2.72. The number of para-hydroxylation sites is 1. The Kier molecular flexibility index (Phi) is 6.19. The van der Waals surface area contributed by atoms with E-state index < -0.39 is 0 Å². The summed E-state index contributed by atoms with van der Waals surface area (Å²) in [6.07, 6.45) is 0. The van der Waals surface area contributed by atoms with Gasteiger partial charge in [0.05, 0.1) is 5.75 Å². The molecule has 3 aromatic rings. The highest BCUT2D eigenvalue weighted by Gasteiger charge is 2.16. The lowest BCUT2D eigenvalue weighted by Crippen LogP contribution is -2.13. The molecule has 0 saturated heterocycles. The maximum absolute atomic E-state index is 12.3. The van der Waals surface area contributed by atoms with Gasteiger partial charge in [0, 0.05) is 17.1 Å². The number of benzene rings is 2. The van der Waals surface area contributed by atoms with Crippen molar-refractivity contribution < 1.29 is 9.53 Å². The summed E-state index contributed by atoms with van der Waals surface area (Å²) in [7, 11) is 0. The molecule has 0 saturated carbocycles. The second-order valence-electron chi connectivity index (χ2n) is 6.04. The van der Waals surface area contributed by atoms with Crippen molar-refractivity contribution in [1.29, 1.82) is 0 Å². The van der Waals surface area contributed by atoms with E-state index in [1.807, 2.05) is 67.8 Å². The maximum atomic E-state index is 12.3. The monoisotopic (exact) mass is 401 g/mol. The van der Waals surface area contributed by atoms with E-state index in [1.54, 1.807) is 0 Å². The number of hydrogen-bond acceptors (Lipinski definition) is 5. The normalized spacial score (nSPS) is 10.8. The highest BCUT2D eigenvalue weighted by molar-refractivity contribution is 7.99. The molecule has 3 rings (SSSR count). The molecule has 0 aliphatic heterocycles. The van der Waals surface area contributed by atoms with Crippen LogP contribution in [0.3, 0.4) is 0 Å². The van der Waals surface area contributed by atoms with Gasteiger partial charge in [0.2, 0.25) is 0 Å². The van der Waals surface area contributed by atoms with Crippen molar-refractivity contribution in [1.82, 2.24) is 14.8 Å². The summed E-state index contributed by atoms with van der Waals surface area (Å²) in [6, 6.07) is 13.2. The van der Waals surface area contributed by atoms with Crippen molar-refractivity contribution in [2.24, 2.45) is 0 Å². The molecule has 0 spiro atoms. The van der Waals surface area contributed by atoms with Crippen molar-refractivity contribution in [3.8, 4) is 17.1 Å². The summed E-state index contributed by atoms with van der Waals surface area (Å²) in [5.41, 5.74) is 2.81. The van der Waals surface area contributed by atoms with Crippen LogP contribution in [0.2, 0.25) is 5.02 Å². The average molecular weight is 402 g/mol. The Morgan fingerprint density at radius 3 is 2.41 bits per heavy atom. The Bertz CT molecular complexity index is 934. The van der Waals surface area contributed by atoms with Gasteiger partial charge in [-0.1, -0.05) is 41.6 Å². The van der Waals surface area contributed by atoms with E-state index in [0.717, 1.165) is 22.5 Å². The minimum absolute atomic E-state index is 0.159. The fourth-order valence-corrected chi connectivity index (χ4v) is 3.62. The second-order valence-corrected chi connectivity index (χ2v) is 7.42. The smallest absolute Gasteiger partial charge is 0.321 e. The predicted octanol–water partition coefficient (Wildman–Crippen LogP) is 4.93. The fraction of sp³-hybridized carbons (Fsp3) is 0.250. The van der Waals surface area contributed by atoms with Gasteiger partial charge < -0.3 is 9.30 Å². The maximum Gasteiger partial charge on any atom is 0.321 e. The van der Waals surface area contributed by atoms with Gasteiger partial charge >= 0.3 is 5.97 Å². The zero-order valence-corrected chi connectivity index (χ0v) is 17.0. The summed E-state index contributed by atoms with van der Waals surface area (Å²) < 4.78 is 7.52. The van der Waals surface area contributed by atoms with Crippen LogP contribution in [0.5, 0.6) is 5.75 Å². The van der Waals surface area contributed by atoms with Crippen LogP contribution in [-0.4, -0.2) is 26.5 Å². The van der Waals surface area contributed by atoms with Crippen molar-refractivity contribution >= 4 is 29.3 Å². The van der Waals surface area contributed by atoms with Gasteiger partial charge in [-0.2, -0.15) is 0 Å². The van der Waals surface area contributed by atoms with Crippen molar-refractivity contribution in [3.63, 3.8) is 0 Å². The summed E-state index contributed by atoms with van der Waals surface area (Å²) in [5.74, 6) is 1.23. The molecule has 0 bridgehead atoms. The zero-order chi connectivity index (χ0) is 19.4. The summed E-state index contributed by atoms with van der Waals surface area (Å²) in [6.45, 7) is 6.56. The largest absolute Gasteiger partial charge is 0.425 e. The SMILES string of the molecule is CCn1c(SCC(=O)Oc2c(C)cccc2C)nnc1-c1ccc(Cl)cc1. The van der Waals surface area contributed by atoms with E-state index in [4.69, 9.17) is 16.3 Å². The lowest BCUT2D eigenvalue weighted by molar-refractivity contribution is -0.131. The second kappa shape index (κ2) is 8.59. The highest BCUT2D eigenvalue weighted by Crippen LogP contribution is 2.26. The molecule has 2 aromatic carbocycles. The number of nitrogens with zero attached hydrogens (tertiary/aromatic N) is 3. The Morgan fingerprint density at radius 1 is 1.11 bits per heavy atom. The number of aryl methyl sites for hydroxylation is 2. The summed E-state index contributed by atoms with van der Waals surface area (Å²) in [4.78, 5) is 12.3. The molecule has 0 aliphatic carbocycles. The number of thioether (sulfide) groups is 1. The number of esters is 1. The third-order valence-corrected chi connectivity index (χ3v) is 5.27. The van der Waals surface area contributed by atoms with Crippen LogP contribution >= 0.6 is 23.4 Å². The standard InChI is InChI=1S/C20H20ClN3O2S/c1-4-24-19(15-8-10-16(21)11-9-15)22-23-20(24)27-12-17(25)26-18-13(2)6-5-7-14(18)3/h5-11H,4,12H2,1-3H3. The molecular formula is C20H20ClN3O2S. The van der Waals surface area contributed by atoms with Crippen molar-refractivity contribution in [3.05, 3.63) is 58.6 Å². The van der Waals surface area contributed by atoms with Gasteiger partial charge in [0.1, 0.15) is 5.75 Å². The first kappa shape index (κ1) is 19.5.